The maximum Gasteiger partial charge on any atom is 0.261 e. The third-order valence-electron chi connectivity index (χ3n) is 6.22. The number of fused-ring (bicyclic) bond motifs is 2. The lowest BCUT2D eigenvalue weighted by molar-refractivity contribution is -0.116. The number of nitrogens with zero attached hydrogens (tertiary/aromatic N) is 3. The Hall–Kier alpha value is -3.13. The molecule has 0 atom stereocenters. The van der Waals surface area contributed by atoms with E-state index in [4.69, 9.17) is 4.98 Å². The molecule has 0 unspecified atom stereocenters. The fourth-order valence-corrected chi connectivity index (χ4v) is 5.74. The van der Waals surface area contributed by atoms with Gasteiger partial charge in [-0.3, -0.25) is 9.52 Å². The Balaban J connectivity index is 1.47. The summed E-state index contributed by atoms with van der Waals surface area (Å²) < 4.78 is 31.5. The topological polar surface area (TPSA) is 84.3 Å². The van der Waals surface area contributed by atoms with Crippen molar-refractivity contribution in [3.05, 3.63) is 60.0 Å². The van der Waals surface area contributed by atoms with Crippen LogP contribution in [0.1, 0.15) is 37.6 Å². The number of rotatable bonds is 4. The quantitative estimate of drug-likeness (QED) is 0.652. The summed E-state index contributed by atoms with van der Waals surface area (Å²) in [5.41, 5.74) is 3.73. The average molecular weight is 451 g/mol. The second kappa shape index (κ2) is 8.09. The highest BCUT2D eigenvalue weighted by Crippen LogP contribution is 2.33. The van der Waals surface area contributed by atoms with Gasteiger partial charge in [-0.05, 0) is 55.5 Å². The fourth-order valence-electron chi connectivity index (χ4n) is 4.61. The minimum atomic E-state index is -3.81. The number of hydrogen-bond acceptors (Lipinski definition) is 4. The van der Waals surface area contributed by atoms with Gasteiger partial charge < -0.3 is 9.47 Å². The average Bonchev–Trinajstić information content (AvgIpc) is 3.22. The van der Waals surface area contributed by atoms with Crippen LogP contribution in [0.2, 0.25) is 0 Å². The number of nitrogens with one attached hydrogen (secondary N) is 1. The minimum Gasteiger partial charge on any atom is -0.334 e. The summed E-state index contributed by atoms with van der Waals surface area (Å²) in [5.74, 6) is 1.02. The molecule has 0 fully saturated rings. The molecule has 0 saturated carbocycles. The predicted octanol–water partition coefficient (Wildman–Crippen LogP) is 3.99. The van der Waals surface area contributed by atoms with Gasteiger partial charge in [-0.25, -0.2) is 13.4 Å². The van der Waals surface area contributed by atoms with Crippen molar-refractivity contribution < 1.29 is 13.2 Å². The van der Waals surface area contributed by atoms with Gasteiger partial charge >= 0.3 is 0 Å². The van der Waals surface area contributed by atoms with Gasteiger partial charge in [0.1, 0.15) is 5.82 Å². The van der Waals surface area contributed by atoms with E-state index < -0.39 is 10.0 Å². The third kappa shape index (κ3) is 3.79. The number of carbonyl (C=O) groups is 1. The third-order valence-corrected chi connectivity index (χ3v) is 7.58. The summed E-state index contributed by atoms with van der Waals surface area (Å²) in [5, 5.41) is 0. The Morgan fingerprint density at radius 3 is 2.69 bits per heavy atom. The Kier molecular flexibility index (Phi) is 5.25. The first kappa shape index (κ1) is 20.8. The van der Waals surface area contributed by atoms with Gasteiger partial charge in [0.25, 0.3) is 10.0 Å². The molecule has 1 amide bonds. The summed E-state index contributed by atoms with van der Waals surface area (Å²) in [6.45, 7) is 3.14. The van der Waals surface area contributed by atoms with E-state index in [2.05, 4.69) is 9.29 Å². The first-order valence-corrected chi connectivity index (χ1v) is 12.5. The molecule has 5 rings (SSSR count). The molecule has 0 bridgehead atoms. The maximum absolute atomic E-state index is 13.3. The zero-order valence-corrected chi connectivity index (χ0v) is 18.9. The number of anilines is 2. The number of aryl methyl sites for hydroxylation is 3. The second-order valence-corrected chi connectivity index (χ2v) is 10.1. The van der Waals surface area contributed by atoms with Crippen LogP contribution < -0.4 is 9.62 Å². The molecule has 0 spiro atoms. The lowest BCUT2D eigenvalue weighted by Crippen LogP contribution is -2.33. The lowest BCUT2D eigenvalue weighted by atomic mass is 10.0. The molecule has 0 radical (unpaired) electrons. The van der Waals surface area contributed by atoms with Crippen molar-refractivity contribution in [2.45, 2.75) is 50.5 Å². The molecule has 8 heteroatoms. The smallest absolute Gasteiger partial charge is 0.261 e. The van der Waals surface area contributed by atoms with Gasteiger partial charge in [0.05, 0.1) is 16.3 Å². The van der Waals surface area contributed by atoms with Crippen molar-refractivity contribution in [1.29, 1.82) is 0 Å². The van der Waals surface area contributed by atoms with Crippen LogP contribution in [-0.4, -0.2) is 30.4 Å². The first-order chi connectivity index (χ1) is 15.4. The summed E-state index contributed by atoms with van der Waals surface area (Å²) in [7, 11) is -3.81. The number of imidazole rings is 1. The number of sulfonamides is 1. The van der Waals surface area contributed by atoms with Gasteiger partial charge in [0, 0.05) is 43.9 Å². The molecule has 1 N–H and O–H groups in total. The zero-order valence-electron chi connectivity index (χ0n) is 18.0. The molecule has 0 aliphatic carbocycles. The molecule has 2 aliphatic rings. The number of aromatic nitrogens is 2. The maximum atomic E-state index is 13.3. The van der Waals surface area contributed by atoms with Gasteiger partial charge in [-0.15, -0.1) is 0 Å². The zero-order chi connectivity index (χ0) is 22.3. The highest BCUT2D eigenvalue weighted by atomic mass is 32.2. The van der Waals surface area contributed by atoms with Crippen molar-refractivity contribution in [3.8, 4) is 11.3 Å². The predicted molar refractivity (Wildman–Crippen MR) is 124 cm³/mol. The molecule has 2 aliphatic heterocycles. The van der Waals surface area contributed by atoms with Crippen LogP contribution in [0.5, 0.6) is 0 Å². The van der Waals surface area contributed by atoms with E-state index in [0.717, 1.165) is 67.0 Å². The summed E-state index contributed by atoms with van der Waals surface area (Å²) in [6, 6.07) is 12.4. The molecular formula is C24H26N4O3S. The van der Waals surface area contributed by atoms with E-state index in [1.54, 1.807) is 29.2 Å². The van der Waals surface area contributed by atoms with Gasteiger partial charge in [0.15, 0.2) is 0 Å². The first-order valence-electron chi connectivity index (χ1n) is 11.0. The molecule has 3 aromatic rings. The van der Waals surface area contributed by atoms with Crippen LogP contribution in [0.25, 0.3) is 11.3 Å². The van der Waals surface area contributed by atoms with E-state index >= 15 is 0 Å². The molecule has 2 aromatic carbocycles. The van der Waals surface area contributed by atoms with Gasteiger partial charge in [-0.1, -0.05) is 18.2 Å². The SMILES string of the molecule is CC(=O)N1CCCc2cc(S(=O)(=O)Nc3ccccc3-c3cn4c(n3)CCCC4)ccc21. The van der Waals surface area contributed by atoms with Crippen LogP contribution in [0.15, 0.2) is 53.6 Å². The molecule has 32 heavy (non-hydrogen) atoms. The van der Waals surface area contributed by atoms with Crippen molar-refractivity contribution in [1.82, 2.24) is 9.55 Å². The molecular weight excluding hydrogens is 424 g/mol. The summed E-state index contributed by atoms with van der Waals surface area (Å²) in [4.78, 5) is 18.6. The van der Waals surface area contributed by atoms with E-state index in [9.17, 15) is 13.2 Å². The Morgan fingerprint density at radius 2 is 1.88 bits per heavy atom. The number of benzene rings is 2. The number of amides is 1. The highest BCUT2D eigenvalue weighted by molar-refractivity contribution is 7.92. The Morgan fingerprint density at radius 1 is 1.03 bits per heavy atom. The van der Waals surface area contributed by atoms with Crippen LogP contribution in [0.3, 0.4) is 0 Å². The molecule has 1 aromatic heterocycles. The van der Waals surface area contributed by atoms with Crippen LogP contribution in [-0.2, 0) is 34.2 Å². The van der Waals surface area contributed by atoms with Gasteiger partial charge in [0.2, 0.25) is 5.91 Å². The van der Waals surface area contributed by atoms with E-state index in [1.807, 2.05) is 24.4 Å². The molecule has 166 valence electrons. The van der Waals surface area contributed by atoms with Crippen LogP contribution in [0.4, 0.5) is 11.4 Å². The standard InChI is InChI=1S/C24H26N4O3S/c1-17(29)28-14-6-7-18-15-19(11-12-23(18)28)32(30,31)26-21-9-3-2-8-20(21)22-16-27-13-5-4-10-24(27)25-22/h2-3,8-9,11-12,15-16,26H,4-7,10,13-14H2,1H3. The van der Waals surface area contributed by atoms with Gasteiger partial charge in [-0.2, -0.15) is 0 Å². The van der Waals surface area contributed by atoms with Crippen molar-refractivity contribution in [2.75, 3.05) is 16.2 Å². The fraction of sp³-hybridized carbons (Fsp3) is 0.333. The Labute approximate surface area is 188 Å². The van der Waals surface area contributed by atoms with Crippen LogP contribution in [0, 0.1) is 0 Å². The van der Waals surface area contributed by atoms with Crippen molar-refractivity contribution >= 4 is 27.3 Å². The van der Waals surface area contributed by atoms with Crippen LogP contribution >= 0.6 is 0 Å². The Bertz CT molecular complexity index is 1270. The number of hydrogen-bond donors (Lipinski definition) is 1. The lowest BCUT2D eigenvalue weighted by Gasteiger charge is -2.28. The largest absolute Gasteiger partial charge is 0.334 e. The molecule has 7 nitrogen and oxygen atoms in total. The number of para-hydroxylation sites is 1. The summed E-state index contributed by atoms with van der Waals surface area (Å²) in [6.07, 6.45) is 6.79. The molecule has 0 saturated heterocycles. The highest BCUT2D eigenvalue weighted by Gasteiger charge is 2.24. The van der Waals surface area contributed by atoms with E-state index in [-0.39, 0.29) is 10.8 Å². The normalized spacial score (nSPS) is 15.7. The summed E-state index contributed by atoms with van der Waals surface area (Å²) >= 11 is 0. The second-order valence-electron chi connectivity index (χ2n) is 8.41. The van der Waals surface area contributed by atoms with Crippen molar-refractivity contribution in [2.24, 2.45) is 0 Å². The van der Waals surface area contributed by atoms with Crippen molar-refractivity contribution in [3.63, 3.8) is 0 Å². The van der Waals surface area contributed by atoms with E-state index in [0.29, 0.717) is 12.2 Å². The minimum absolute atomic E-state index is 0.0311. The number of carbonyl (C=O) groups excluding carboxylic acids is 1. The molecule has 3 heterocycles. The monoisotopic (exact) mass is 450 g/mol. The van der Waals surface area contributed by atoms with E-state index in [1.165, 1.54) is 6.92 Å².